The zero-order chi connectivity index (χ0) is 23.2. The number of nitrogens with zero attached hydrogens (tertiary/aromatic N) is 7. The van der Waals surface area contributed by atoms with Crippen LogP contribution in [0, 0.1) is 6.92 Å². The Morgan fingerprint density at radius 3 is 2.74 bits per heavy atom. The van der Waals surface area contributed by atoms with E-state index in [0.717, 1.165) is 27.7 Å². The van der Waals surface area contributed by atoms with Gasteiger partial charge in [0.25, 0.3) is 0 Å². The Labute approximate surface area is 198 Å². The number of aryl methyl sites for hydroxylation is 1. The van der Waals surface area contributed by atoms with Crippen LogP contribution in [0.3, 0.4) is 0 Å². The summed E-state index contributed by atoms with van der Waals surface area (Å²) in [6, 6.07) is 13.6. The van der Waals surface area contributed by atoms with Crippen LogP contribution in [-0.4, -0.2) is 39.9 Å². The number of halogens is 1. The molecule has 0 amide bonds. The molecule has 10 heteroatoms. The molecule has 0 radical (unpaired) electrons. The smallest absolute Gasteiger partial charge is 0.164 e. The second-order valence-corrected chi connectivity index (χ2v) is 8.30. The lowest BCUT2D eigenvalue weighted by Crippen LogP contribution is -2.09. The summed E-state index contributed by atoms with van der Waals surface area (Å²) in [5.74, 6) is 0.346. The lowest BCUT2D eigenvalue weighted by molar-refractivity contribution is 0.692. The number of fused-ring (bicyclic) bond motifs is 2. The van der Waals surface area contributed by atoms with Gasteiger partial charge in [-0.15, -0.1) is 0 Å². The first-order valence-corrected chi connectivity index (χ1v) is 10.9. The quantitative estimate of drug-likeness (QED) is 0.393. The minimum atomic E-state index is 0.308. The first-order chi connectivity index (χ1) is 16.6. The Hall–Kier alpha value is -4.37. The lowest BCUT2D eigenvalue weighted by atomic mass is 10.1. The fourth-order valence-electron chi connectivity index (χ4n) is 4.10. The third-order valence-corrected chi connectivity index (χ3v) is 6.06. The van der Waals surface area contributed by atoms with Crippen molar-refractivity contribution >= 4 is 39.5 Å². The summed E-state index contributed by atoms with van der Waals surface area (Å²) in [4.78, 5) is 18.6. The molecule has 0 aliphatic heterocycles. The highest BCUT2D eigenvalue weighted by molar-refractivity contribution is 6.33. The Morgan fingerprint density at radius 1 is 1.03 bits per heavy atom. The van der Waals surface area contributed by atoms with Crippen molar-refractivity contribution in [2.24, 2.45) is 0 Å². The van der Waals surface area contributed by atoms with Crippen molar-refractivity contribution in [2.75, 3.05) is 5.73 Å². The fraction of sp³-hybridized carbons (Fsp3) is 0.0833. The number of hydrogen-bond donors (Lipinski definition) is 2. The van der Waals surface area contributed by atoms with Gasteiger partial charge in [-0.2, -0.15) is 10.2 Å². The molecule has 3 N–H and O–H groups in total. The predicted octanol–water partition coefficient (Wildman–Crippen LogP) is 4.42. The van der Waals surface area contributed by atoms with Crippen LogP contribution in [-0.2, 0) is 6.54 Å². The SMILES string of the molecule is Cc1cccc2nc(Cn3nc(-c4cn[nH]c4)c4c(N)ncnc43)c(-c3ccccc3Cl)nc12. The maximum absolute atomic E-state index is 6.57. The molecule has 0 saturated heterocycles. The zero-order valence-electron chi connectivity index (χ0n) is 18.1. The van der Waals surface area contributed by atoms with Crippen LogP contribution >= 0.6 is 11.6 Å². The number of para-hydroxylation sites is 1. The fourth-order valence-corrected chi connectivity index (χ4v) is 4.32. The van der Waals surface area contributed by atoms with E-state index in [1.54, 1.807) is 17.1 Å². The summed E-state index contributed by atoms with van der Waals surface area (Å²) in [7, 11) is 0. The summed E-state index contributed by atoms with van der Waals surface area (Å²) in [5.41, 5.74) is 13.1. The number of nitrogens with one attached hydrogen (secondary N) is 1. The highest BCUT2D eigenvalue weighted by atomic mass is 35.5. The number of nitrogen functional groups attached to an aromatic ring is 1. The van der Waals surface area contributed by atoms with Gasteiger partial charge in [-0.1, -0.05) is 41.9 Å². The number of hydrogen-bond acceptors (Lipinski definition) is 7. The van der Waals surface area contributed by atoms with E-state index < -0.39 is 0 Å². The van der Waals surface area contributed by atoms with E-state index in [-0.39, 0.29) is 0 Å². The first-order valence-electron chi connectivity index (χ1n) is 10.6. The highest BCUT2D eigenvalue weighted by Crippen LogP contribution is 2.33. The molecule has 0 aliphatic carbocycles. The van der Waals surface area contributed by atoms with Gasteiger partial charge in [0.15, 0.2) is 5.65 Å². The molecule has 0 bridgehead atoms. The predicted molar refractivity (Wildman–Crippen MR) is 131 cm³/mol. The second-order valence-electron chi connectivity index (χ2n) is 7.89. The molecular weight excluding hydrogens is 450 g/mol. The molecule has 6 rings (SSSR count). The number of nitrogens with two attached hydrogens (primary N) is 1. The third kappa shape index (κ3) is 3.25. The maximum Gasteiger partial charge on any atom is 0.164 e. The van der Waals surface area contributed by atoms with Crippen LogP contribution in [0.2, 0.25) is 5.02 Å². The molecule has 34 heavy (non-hydrogen) atoms. The Morgan fingerprint density at radius 2 is 1.91 bits per heavy atom. The van der Waals surface area contributed by atoms with Crippen molar-refractivity contribution in [3.63, 3.8) is 0 Å². The standard InChI is InChI=1S/C24H18ClN9/c1-13-5-4-8-17-20(13)32-22(15-6-2-3-7-16(15)25)18(31-17)11-34-24-19(23(26)27-12-28-24)21(33-34)14-9-29-30-10-14/h2-10,12H,11H2,1H3,(H,29,30)(H2,26,27,28). The monoisotopic (exact) mass is 467 g/mol. The largest absolute Gasteiger partial charge is 0.383 e. The van der Waals surface area contributed by atoms with Crippen molar-refractivity contribution < 1.29 is 0 Å². The summed E-state index contributed by atoms with van der Waals surface area (Å²) < 4.78 is 1.77. The van der Waals surface area contributed by atoms with Gasteiger partial charge >= 0.3 is 0 Å². The number of benzene rings is 2. The topological polar surface area (TPSA) is 124 Å². The molecule has 0 fully saturated rings. The van der Waals surface area contributed by atoms with Crippen molar-refractivity contribution in [1.29, 1.82) is 0 Å². The molecule has 6 aromatic rings. The van der Waals surface area contributed by atoms with Crippen LogP contribution in [0.4, 0.5) is 5.82 Å². The molecule has 0 saturated carbocycles. The van der Waals surface area contributed by atoms with Gasteiger partial charge in [0.1, 0.15) is 17.8 Å². The highest BCUT2D eigenvalue weighted by Gasteiger charge is 2.21. The summed E-state index contributed by atoms with van der Waals surface area (Å²) in [5, 5.41) is 12.9. The lowest BCUT2D eigenvalue weighted by Gasteiger charge is -2.13. The van der Waals surface area contributed by atoms with Crippen LogP contribution < -0.4 is 5.73 Å². The van der Waals surface area contributed by atoms with Crippen molar-refractivity contribution in [2.45, 2.75) is 13.5 Å². The van der Waals surface area contributed by atoms with E-state index in [2.05, 4.69) is 20.2 Å². The molecule has 4 heterocycles. The maximum atomic E-state index is 6.57. The molecule has 2 aromatic carbocycles. The molecular formula is C24H18ClN9. The van der Waals surface area contributed by atoms with Crippen LogP contribution in [0.1, 0.15) is 11.3 Å². The van der Waals surface area contributed by atoms with E-state index in [4.69, 9.17) is 32.4 Å². The van der Waals surface area contributed by atoms with E-state index >= 15 is 0 Å². The van der Waals surface area contributed by atoms with E-state index in [1.807, 2.05) is 49.4 Å². The van der Waals surface area contributed by atoms with Crippen LogP contribution in [0.25, 0.3) is 44.6 Å². The van der Waals surface area contributed by atoms with Gasteiger partial charge in [0.05, 0.1) is 45.6 Å². The molecule has 166 valence electrons. The number of anilines is 1. The zero-order valence-corrected chi connectivity index (χ0v) is 18.8. The van der Waals surface area contributed by atoms with Crippen LogP contribution in [0.5, 0.6) is 0 Å². The molecule has 0 atom stereocenters. The van der Waals surface area contributed by atoms with Gasteiger partial charge in [-0.05, 0) is 24.6 Å². The van der Waals surface area contributed by atoms with Gasteiger partial charge in [0, 0.05) is 17.3 Å². The van der Waals surface area contributed by atoms with Gasteiger partial charge in [-0.25, -0.2) is 24.6 Å². The Bertz CT molecular complexity index is 1670. The van der Waals surface area contributed by atoms with Crippen LogP contribution in [0.15, 0.2) is 61.2 Å². The van der Waals surface area contributed by atoms with E-state index in [9.17, 15) is 0 Å². The van der Waals surface area contributed by atoms with Crippen molar-refractivity contribution in [1.82, 2.24) is 39.9 Å². The minimum Gasteiger partial charge on any atom is -0.383 e. The summed E-state index contributed by atoms with van der Waals surface area (Å²) >= 11 is 6.57. The van der Waals surface area contributed by atoms with Crippen molar-refractivity contribution in [3.05, 3.63) is 77.5 Å². The Kier molecular flexibility index (Phi) is 4.70. The average molecular weight is 468 g/mol. The number of rotatable bonds is 4. The van der Waals surface area contributed by atoms with Gasteiger partial charge < -0.3 is 5.73 Å². The number of aromatic amines is 1. The average Bonchev–Trinajstić information content (AvgIpc) is 3.49. The summed E-state index contributed by atoms with van der Waals surface area (Å²) in [6.45, 7) is 2.33. The first kappa shape index (κ1) is 20.3. The van der Waals surface area contributed by atoms with E-state index in [1.165, 1.54) is 6.33 Å². The molecule has 0 spiro atoms. The molecule has 9 nitrogen and oxygen atoms in total. The number of H-pyrrole nitrogens is 1. The third-order valence-electron chi connectivity index (χ3n) is 5.73. The van der Waals surface area contributed by atoms with Crippen molar-refractivity contribution in [3.8, 4) is 22.5 Å². The molecule has 4 aromatic heterocycles. The van der Waals surface area contributed by atoms with Gasteiger partial charge in [-0.3, -0.25) is 5.10 Å². The second kappa shape index (κ2) is 7.89. The molecule has 0 unspecified atom stereocenters. The minimum absolute atomic E-state index is 0.308. The molecule has 0 aliphatic rings. The summed E-state index contributed by atoms with van der Waals surface area (Å²) in [6.07, 6.45) is 4.87. The number of aromatic nitrogens is 8. The Balaban J connectivity index is 1.59. The normalized spacial score (nSPS) is 11.5. The van der Waals surface area contributed by atoms with E-state index in [0.29, 0.717) is 45.5 Å². The van der Waals surface area contributed by atoms with Gasteiger partial charge in [0.2, 0.25) is 0 Å².